The average molecular weight is 457 g/mol. The van der Waals surface area contributed by atoms with Crippen molar-refractivity contribution in [2.45, 2.75) is 12.7 Å². The third-order valence-corrected chi connectivity index (χ3v) is 5.49. The maximum atomic E-state index is 11.9. The molecule has 6 nitrogen and oxygen atoms in total. The van der Waals surface area contributed by atoms with Gasteiger partial charge in [0, 0.05) is 16.3 Å². The molecule has 160 valence electrons. The van der Waals surface area contributed by atoms with Crippen molar-refractivity contribution in [2.75, 3.05) is 12.4 Å². The van der Waals surface area contributed by atoms with Gasteiger partial charge in [0.05, 0.1) is 24.1 Å². The number of hydrogen-bond acceptors (Lipinski definition) is 6. The van der Waals surface area contributed by atoms with Gasteiger partial charge in [-0.3, -0.25) is 4.79 Å². The van der Waals surface area contributed by atoms with Gasteiger partial charge in [0.2, 0.25) is 5.91 Å². The molecule has 0 unspecified atom stereocenters. The molecule has 1 heterocycles. The number of hydrazone groups is 1. The van der Waals surface area contributed by atoms with Gasteiger partial charge in [-0.1, -0.05) is 41.9 Å². The molecule has 2 aromatic carbocycles. The van der Waals surface area contributed by atoms with Gasteiger partial charge in [-0.2, -0.15) is 5.10 Å². The smallest absolute Gasteiger partial charge is 0.338 e. The van der Waals surface area contributed by atoms with Crippen LogP contribution in [0.5, 0.6) is 0 Å². The molecule has 3 rings (SSSR count). The van der Waals surface area contributed by atoms with Crippen LogP contribution in [-0.4, -0.2) is 30.5 Å². The van der Waals surface area contributed by atoms with E-state index in [0.29, 0.717) is 34.5 Å². The number of nitrogens with zero attached hydrogens (tertiary/aromatic N) is 1. The number of ether oxygens (including phenoxy) is 1. The van der Waals surface area contributed by atoms with Crippen LogP contribution >= 0.6 is 23.4 Å². The van der Waals surface area contributed by atoms with Gasteiger partial charge < -0.3 is 9.15 Å². The Labute approximate surface area is 189 Å². The van der Waals surface area contributed by atoms with E-state index in [9.17, 15) is 9.59 Å². The minimum atomic E-state index is -0.359. The van der Waals surface area contributed by atoms with E-state index in [0.717, 1.165) is 11.1 Å². The minimum absolute atomic E-state index is 0.213. The summed E-state index contributed by atoms with van der Waals surface area (Å²) in [6.07, 6.45) is 1.44. The Morgan fingerprint density at radius 1 is 1.13 bits per heavy atom. The predicted molar refractivity (Wildman–Crippen MR) is 123 cm³/mol. The highest BCUT2D eigenvalue weighted by Crippen LogP contribution is 2.22. The Bertz CT molecular complexity index is 1060. The molecule has 0 saturated carbocycles. The van der Waals surface area contributed by atoms with Crippen molar-refractivity contribution in [2.24, 2.45) is 5.10 Å². The van der Waals surface area contributed by atoms with Crippen LogP contribution in [0.1, 0.15) is 28.6 Å². The highest BCUT2D eigenvalue weighted by atomic mass is 35.5. The Morgan fingerprint density at radius 2 is 1.90 bits per heavy atom. The standard InChI is InChI=1S/C23H21ClN2O4S/c1-2-29-23(28)17-9-7-16(8-10-17)21-12-11-19(30-21)13-25-26-22(27)15-31-14-18-5-3-4-6-20(18)24/h3-13H,2,14-15H2,1H3,(H,26,27). The Morgan fingerprint density at radius 3 is 2.65 bits per heavy atom. The van der Waals surface area contributed by atoms with E-state index in [1.54, 1.807) is 43.3 Å². The van der Waals surface area contributed by atoms with E-state index >= 15 is 0 Å². The van der Waals surface area contributed by atoms with Crippen molar-refractivity contribution >= 4 is 41.5 Å². The first-order valence-corrected chi connectivity index (χ1v) is 11.1. The number of esters is 1. The van der Waals surface area contributed by atoms with E-state index < -0.39 is 0 Å². The summed E-state index contributed by atoms with van der Waals surface area (Å²) in [4.78, 5) is 23.6. The lowest BCUT2D eigenvalue weighted by molar-refractivity contribution is -0.118. The third-order valence-electron chi connectivity index (χ3n) is 4.14. The van der Waals surface area contributed by atoms with E-state index in [1.807, 2.05) is 24.3 Å². The van der Waals surface area contributed by atoms with E-state index in [2.05, 4.69) is 10.5 Å². The summed E-state index contributed by atoms with van der Waals surface area (Å²) >= 11 is 7.56. The quantitative estimate of drug-likeness (QED) is 0.273. The molecule has 1 amide bonds. The number of carbonyl (C=O) groups is 2. The lowest BCUT2D eigenvalue weighted by Crippen LogP contribution is -2.19. The molecule has 1 aromatic heterocycles. The van der Waals surface area contributed by atoms with Crippen molar-refractivity contribution in [3.05, 3.63) is 82.6 Å². The molecule has 0 spiro atoms. The molecule has 0 radical (unpaired) electrons. The largest absolute Gasteiger partial charge is 0.462 e. The van der Waals surface area contributed by atoms with Gasteiger partial charge in [-0.15, -0.1) is 11.8 Å². The topological polar surface area (TPSA) is 80.9 Å². The van der Waals surface area contributed by atoms with Crippen LogP contribution in [0.4, 0.5) is 0 Å². The Hall–Kier alpha value is -3.03. The van der Waals surface area contributed by atoms with Crippen molar-refractivity contribution in [1.82, 2.24) is 5.43 Å². The first-order valence-electron chi connectivity index (χ1n) is 9.57. The first kappa shape index (κ1) is 22.7. The second-order valence-electron chi connectivity index (χ2n) is 6.38. The molecule has 0 bridgehead atoms. The fourth-order valence-electron chi connectivity index (χ4n) is 2.63. The second-order valence-corrected chi connectivity index (χ2v) is 7.77. The monoisotopic (exact) mass is 456 g/mol. The number of hydrogen-bond donors (Lipinski definition) is 1. The minimum Gasteiger partial charge on any atom is -0.462 e. The summed E-state index contributed by atoms with van der Waals surface area (Å²) < 4.78 is 10.7. The molecular formula is C23H21ClN2O4S. The van der Waals surface area contributed by atoms with E-state index in [4.69, 9.17) is 20.8 Å². The molecule has 0 fully saturated rings. The van der Waals surface area contributed by atoms with Crippen LogP contribution in [-0.2, 0) is 15.3 Å². The zero-order valence-corrected chi connectivity index (χ0v) is 18.4. The summed E-state index contributed by atoms with van der Waals surface area (Å²) in [6.45, 7) is 2.10. The number of amides is 1. The van der Waals surface area contributed by atoms with Crippen molar-refractivity contribution in [3.63, 3.8) is 0 Å². The van der Waals surface area contributed by atoms with E-state index in [-0.39, 0.29) is 17.6 Å². The van der Waals surface area contributed by atoms with Crippen molar-refractivity contribution in [1.29, 1.82) is 0 Å². The zero-order valence-electron chi connectivity index (χ0n) is 16.8. The molecule has 0 atom stereocenters. The van der Waals surface area contributed by atoms with Crippen LogP contribution in [0.3, 0.4) is 0 Å². The van der Waals surface area contributed by atoms with Gasteiger partial charge >= 0.3 is 5.97 Å². The normalized spacial score (nSPS) is 10.9. The molecular weight excluding hydrogens is 436 g/mol. The summed E-state index contributed by atoms with van der Waals surface area (Å²) in [5.74, 6) is 1.45. The number of benzene rings is 2. The van der Waals surface area contributed by atoms with Gasteiger partial charge in [0.15, 0.2) is 0 Å². The predicted octanol–water partition coefficient (Wildman–Crippen LogP) is 5.16. The van der Waals surface area contributed by atoms with Crippen LogP contribution in [0.2, 0.25) is 5.02 Å². The fourth-order valence-corrected chi connectivity index (χ4v) is 3.74. The maximum Gasteiger partial charge on any atom is 0.338 e. The van der Waals surface area contributed by atoms with Crippen LogP contribution in [0.15, 0.2) is 70.2 Å². The molecule has 0 saturated heterocycles. The lowest BCUT2D eigenvalue weighted by Gasteiger charge is -2.03. The zero-order chi connectivity index (χ0) is 22.1. The summed E-state index contributed by atoms with van der Waals surface area (Å²) in [5, 5.41) is 4.62. The summed E-state index contributed by atoms with van der Waals surface area (Å²) in [5.41, 5.74) is 4.76. The van der Waals surface area contributed by atoms with Gasteiger partial charge in [-0.05, 0) is 42.8 Å². The highest BCUT2D eigenvalue weighted by Gasteiger charge is 2.08. The molecule has 3 aromatic rings. The fraction of sp³-hybridized carbons (Fsp3) is 0.174. The summed E-state index contributed by atoms with van der Waals surface area (Å²) in [6, 6.07) is 18.0. The van der Waals surface area contributed by atoms with Gasteiger partial charge in [0.1, 0.15) is 11.5 Å². The SMILES string of the molecule is CCOC(=O)c1ccc(-c2ccc(C=NNC(=O)CSCc3ccccc3Cl)o2)cc1. The number of thioether (sulfide) groups is 1. The molecule has 0 aliphatic rings. The Kier molecular flexibility index (Phi) is 8.32. The average Bonchev–Trinajstić information content (AvgIpc) is 3.24. The molecule has 0 aliphatic heterocycles. The van der Waals surface area contributed by atoms with Crippen LogP contribution < -0.4 is 5.43 Å². The molecule has 1 N–H and O–H groups in total. The van der Waals surface area contributed by atoms with Crippen molar-refractivity contribution < 1.29 is 18.7 Å². The number of furan rings is 1. The Balaban J connectivity index is 1.47. The van der Waals surface area contributed by atoms with Crippen LogP contribution in [0, 0.1) is 0 Å². The number of nitrogens with one attached hydrogen (secondary N) is 1. The van der Waals surface area contributed by atoms with Gasteiger partial charge in [-0.25, -0.2) is 10.2 Å². The highest BCUT2D eigenvalue weighted by molar-refractivity contribution is 7.99. The molecule has 0 aliphatic carbocycles. The van der Waals surface area contributed by atoms with Crippen LogP contribution in [0.25, 0.3) is 11.3 Å². The number of carbonyl (C=O) groups excluding carboxylic acids is 2. The van der Waals surface area contributed by atoms with Crippen molar-refractivity contribution in [3.8, 4) is 11.3 Å². The maximum absolute atomic E-state index is 11.9. The molecule has 8 heteroatoms. The number of halogens is 1. The van der Waals surface area contributed by atoms with E-state index in [1.165, 1.54) is 18.0 Å². The lowest BCUT2D eigenvalue weighted by atomic mass is 10.1. The second kappa shape index (κ2) is 11.4. The summed E-state index contributed by atoms with van der Waals surface area (Å²) in [7, 11) is 0. The first-order chi connectivity index (χ1) is 15.1. The number of rotatable bonds is 9. The van der Waals surface area contributed by atoms with Gasteiger partial charge in [0.25, 0.3) is 0 Å². The third kappa shape index (κ3) is 6.73. The molecule has 31 heavy (non-hydrogen) atoms.